The van der Waals surface area contributed by atoms with Crippen LogP contribution in [0.5, 0.6) is 0 Å². The molecule has 0 spiro atoms. The van der Waals surface area contributed by atoms with E-state index in [0.29, 0.717) is 24.5 Å². The number of aliphatic hydroxyl groups is 1. The molecule has 1 unspecified atom stereocenters. The molecule has 5 heteroatoms. The molecule has 0 aliphatic carbocycles. The fraction of sp³-hybridized carbons (Fsp3) is 0.462. The Labute approximate surface area is 112 Å². The van der Waals surface area contributed by atoms with Crippen molar-refractivity contribution in [2.45, 2.75) is 25.1 Å². The molecule has 1 saturated heterocycles. The Kier molecular flexibility index (Phi) is 4.22. The maximum atomic E-state index is 12.0. The second-order valence-corrected chi connectivity index (χ2v) is 5.13. The fourth-order valence-corrected chi connectivity index (χ4v) is 2.31. The molecular formula is C13H17ClN2O2. The van der Waals surface area contributed by atoms with Crippen LogP contribution < -0.4 is 5.32 Å². The second-order valence-electron chi connectivity index (χ2n) is 4.69. The number of carbonyl (C=O) groups excluding carboxylic acids is 1. The van der Waals surface area contributed by atoms with Gasteiger partial charge < -0.3 is 10.4 Å². The van der Waals surface area contributed by atoms with Crippen molar-refractivity contribution in [1.82, 2.24) is 10.2 Å². The topological polar surface area (TPSA) is 52.6 Å². The highest BCUT2D eigenvalue weighted by Crippen LogP contribution is 2.16. The van der Waals surface area contributed by atoms with Crippen LogP contribution in [-0.2, 0) is 11.3 Å². The summed E-state index contributed by atoms with van der Waals surface area (Å²) in [6, 6.07) is 7.14. The number of likely N-dealkylation sites (tertiary alicyclic amines) is 1. The molecule has 0 saturated carbocycles. The monoisotopic (exact) mass is 268 g/mol. The van der Waals surface area contributed by atoms with Crippen LogP contribution >= 0.6 is 11.6 Å². The summed E-state index contributed by atoms with van der Waals surface area (Å²) in [5.41, 5.74) is 1.01. The van der Waals surface area contributed by atoms with Crippen LogP contribution in [0, 0.1) is 0 Å². The van der Waals surface area contributed by atoms with Gasteiger partial charge in [0, 0.05) is 18.1 Å². The molecule has 0 bridgehead atoms. The Bertz CT molecular complexity index is 422. The highest BCUT2D eigenvalue weighted by atomic mass is 35.5. The van der Waals surface area contributed by atoms with Crippen molar-refractivity contribution in [2.24, 2.45) is 0 Å². The molecule has 1 aromatic rings. The van der Waals surface area contributed by atoms with Gasteiger partial charge in [-0.3, -0.25) is 9.69 Å². The minimum Gasteiger partial charge on any atom is -0.392 e. The van der Waals surface area contributed by atoms with E-state index in [1.165, 1.54) is 0 Å². The Morgan fingerprint density at radius 2 is 2.17 bits per heavy atom. The van der Waals surface area contributed by atoms with Crippen LogP contribution in [0.1, 0.15) is 12.0 Å². The smallest absolute Gasteiger partial charge is 0.237 e. The quantitative estimate of drug-likeness (QED) is 0.861. The lowest BCUT2D eigenvalue weighted by molar-refractivity contribution is -0.125. The number of β-amino-alcohol motifs (C(OH)–C–C–N with tert-alkyl or cyclic N) is 1. The van der Waals surface area contributed by atoms with Gasteiger partial charge in [-0.2, -0.15) is 0 Å². The van der Waals surface area contributed by atoms with E-state index >= 15 is 0 Å². The van der Waals surface area contributed by atoms with Crippen molar-refractivity contribution in [3.63, 3.8) is 0 Å². The van der Waals surface area contributed by atoms with Crippen LogP contribution in [0.2, 0.25) is 5.02 Å². The van der Waals surface area contributed by atoms with Crippen molar-refractivity contribution < 1.29 is 9.90 Å². The van der Waals surface area contributed by atoms with Crippen LogP contribution in [0.15, 0.2) is 24.3 Å². The number of hydrogen-bond donors (Lipinski definition) is 2. The number of aliphatic hydroxyl groups excluding tert-OH is 1. The third-order valence-corrected chi connectivity index (χ3v) is 3.46. The van der Waals surface area contributed by atoms with E-state index in [9.17, 15) is 9.90 Å². The minimum atomic E-state index is -0.402. The molecule has 1 aliphatic heterocycles. The summed E-state index contributed by atoms with van der Waals surface area (Å²) in [5.74, 6) is -0.0380. The molecule has 1 aliphatic rings. The molecule has 4 nitrogen and oxygen atoms in total. The van der Waals surface area contributed by atoms with Gasteiger partial charge >= 0.3 is 0 Å². The van der Waals surface area contributed by atoms with E-state index in [1.54, 1.807) is 12.1 Å². The van der Waals surface area contributed by atoms with Crippen LogP contribution in [0.3, 0.4) is 0 Å². The average molecular weight is 269 g/mol. The molecule has 1 fully saturated rings. The highest BCUT2D eigenvalue weighted by Gasteiger charge is 2.33. The third kappa shape index (κ3) is 3.22. The van der Waals surface area contributed by atoms with E-state index in [2.05, 4.69) is 5.32 Å². The normalized spacial score (nSPS) is 24.2. The minimum absolute atomic E-state index is 0.0380. The number of likely N-dealkylation sites (N-methyl/N-ethyl adjacent to an activating group) is 1. The number of nitrogens with zero attached hydrogens (tertiary/aromatic N) is 1. The van der Waals surface area contributed by atoms with Crippen LogP contribution in [-0.4, -0.2) is 41.7 Å². The van der Waals surface area contributed by atoms with E-state index < -0.39 is 6.10 Å². The molecular weight excluding hydrogens is 252 g/mol. The first-order chi connectivity index (χ1) is 8.56. The number of benzene rings is 1. The zero-order valence-electron chi connectivity index (χ0n) is 10.3. The molecule has 1 aromatic carbocycles. The molecule has 0 radical (unpaired) electrons. The SMILES string of the molecule is CN1C[C@H](O)CC1C(=O)NCc1ccc(Cl)cc1. The highest BCUT2D eigenvalue weighted by molar-refractivity contribution is 6.30. The maximum Gasteiger partial charge on any atom is 0.237 e. The molecule has 2 atom stereocenters. The summed E-state index contributed by atoms with van der Waals surface area (Å²) in [6.45, 7) is 1.04. The predicted octanol–water partition coefficient (Wildman–Crippen LogP) is 1.02. The summed E-state index contributed by atoms with van der Waals surface area (Å²) in [5, 5.41) is 13.1. The Morgan fingerprint density at radius 3 is 2.72 bits per heavy atom. The van der Waals surface area contributed by atoms with Gasteiger partial charge in [-0.15, -0.1) is 0 Å². The predicted molar refractivity (Wildman–Crippen MR) is 70.3 cm³/mol. The van der Waals surface area contributed by atoms with Gasteiger partial charge in [-0.25, -0.2) is 0 Å². The van der Waals surface area contributed by atoms with Gasteiger partial charge in [-0.1, -0.05) is 23.7 Å². The number of rotatable bonds is 3. The first kappa shape index (κ1) is 13.3. The largest absolute Gasteiger partial charge is 0.392 e. The molecule has 2 N–H and O–H groups in total. The van der Waals surface area contributed by atoms with E-state index in [-0.39, 0.29) is 11.9 Å². The van der Waals surface area contributed by atoms with Gasteiger partial charge in [0.05, 0.1) is 12.1 Å². The number of hydrogen-bond acceptors (Lipinski definition) is 3. The molecule has 18 heavy (non-hydrogen) atoms. The second kappa shape index (κ2) is 5.69. The number of nitrogens with one attached hydrogen (secondary N) is 1. The van der Waals surface area contributed by atoms with Gasteiger partial charge in [-0.05, 0) is 31.2 Å². The first-order valence-electron chi connectivity index (χ1n) is 5.96. The van der Waals surface area contributed by atoms with E-state index in [4.69, 9.17) is 11.6 Å². The van der Waals surface area contributed by atoms with Crippen molar-refractivity contribution in [3.8, 4) is 0 Å². The molecule has 98 valence electrons. The number of halogens is 1. The summed E-state index contributed by atoms with van der Waals surface area (Å²) in [4.78, 5) is 13.8. The zero-order valence-corrected chi connectivity index (χ0v) is 11.0. The summed E-state index contributed by atoms with van der Waals surface area (Å²) in [6.07, 6.45) is 0.101. The molecule has 0 aromatic heterocycles. The van der Waals surface area contributed by atoms with Gasteiger partial charge in [0.1, 0.15) is 0 Å². The van der Waals surface area contributed by atoms with Gasteiger partial charge in [0.2, 0.25) is 5.91 Å². The lowest BCUT2D eigenvalue weighted by atomic mass is 10.1. The van der Waals surface area contributed by atoms with Crippen molar-refractivity contribution in [1.29, 1.82) is 0 Å². The molecule has 1 heterocycles. The van der Waals surface area contributed by atoms with Crippen molar-refractivity contribution in [3.05, 3.63) is 34.9 Å². The zero-order chi connectivity index (χ0) is 13.1. The summed E-state index contributed by atoms with van der Waals surface area (Å²) in [7, 11) is 1.85. The summed E-state index contributed by atoms with van der Waals surface area (Å²) >= 11 is 5.79. The Morgan fingerprint density at radius 1 is 1.50 bits per heavy atom. The van der Waals surface area contributed by atoms with Crippen LogP contribution in [0.4, 0.5) is 0 Å². The third-order valence-electron chi connectivity index (χ3n) is 3.21. The average Bonchev–Trinajstić information content (AvgIpc) is 2.67. The van der Waals surface area contributed by atoms with Gasteiger partial charge in [0.25, 0.3) is 0 Å². The lowest BCUT2D eigenvalue weighted by Crippen LogP contribution is -2.41. The summed E-state index contributed by atoms with van der Waals surface area (Å²) < 4.78 is 0. The van der Waals surface area contributed by atoms with Crippen molar-refractivity contribution in [2.75, 3.05) is 13.6 Å². The van der Waals surface area contributed by atoms with E-state index in [1.807, 2.05) is 24.1 Å². The van der Waals surface area contributed by atoms with Crippen LogP contribution in [0.25, 0.3) is 0 Å². The number of amides is 1. The fourth-order valence-electron chi connectivity index (χ4n) is 2.19. The van der Waals surface area contributed by atoms with Gasteiger partial charge in [0.15, 0.2) is 0 Å². The molecule has 1 amide bonds. The maximum absolute atomic E-state index is 12.0. The Balaban J connectivity index is 1.86. The van der Waals surface area contributed by atoms with E-state index in [0.717, 1.165) is 5.56 Å². The standard InChI is InChI=1S/C13H17ClN2O2/c1-16-8-11(17)6-12(16)13(18)15-7-9-2-4-10(14)5-3-9/h2-5,11-12,17H,6-8H2,1H3,(H,15,18)/t11-,12?/m1/s1. The lowest BCUT2D eigenvalue weighted by Gasteiger charge is -2.18. The van der Waals surface area contributed by atoms with Crippen molar-refractivity contribution >= 4 is 17.5 Å². The Hall–Kier alpha value is -1.10. The molecule has 2 rings (SSSR count). The number of carbonyl (C=O) groups is 1. The first-order valence-corrected chi connectivity index (χ1v) is 6.34.